The molecule has 0 aliphatic rings. The molecule has 2 amide bonds. The number of nitro benzene ring substituents is 1. The number of nitrogens with one attached hydrogen (secondary N) is 2. The third kappa shape index (κ3) is 4.79. The topological polar surface area (TPSA) is 111 Å². The smallest absolute Gasteiger partial charge is 0.285 e. The number of carbonyl (C=O) groups excluding carboxylic acids is 2. The number of carbonyl (C=O) groups is 2. The van der Waals surface area contributed by atoms with E-state index in [0.29, 0.717) is 17.9 Å². The van der Waals surface area contributed by atoms with Crippen molar-refractivity contribution in [2.75, 3.05) is 13.7 Å². The van der Waals surface area contributed by atoms with E-state index in [1.807, 2.05) is 12.1 Å². The Bertz CT molecular complexity index is 818. The third-order valence-electron chi connectivity index (χ3n) is 3.72. The van der Waals surface area contributed by atoms with E-state index in [0.717, 1.165) is 5.56 Å². The Labute approximate surface area is 150 Å². The number of aryl methyl sites for hydroxylation is 1. The minimum absolute atomic E-state index is 0.0713. The van der Waals surface area contributed by atoms with Crippen molar-refractivity contribution >= 4 is 17.5 Å². The second-order valence-corrected chi connectivity index (χ2v) is 5.54. The predicted octanol–water partition coefficient (Wildman–Crippen LogP) is 1.96. The summed E-state index contributed by atoms with van der Waals surface area (Å²) >= 11 is 0. The van der Waals surface area contributed by atoms with Gasteiger partial charge in [-0.25, -0.2) is 0 Å². The minimum Gasteiger partial charge on any atom is -0.497 e. The molecule has 136 valence electrons. The van der Waals surface area contributed by atoms with Crippen molar-refractivity contribution in [1.29, 1.82) is 0 Å². The summed E-state index contributed by atoms with van der Waals surface area (Å²) in [6.45, 7) is 1.57. The molecule has 2 aromatic rings. The first-order chi connectivity index (χ1) is 12.4. The Morgan fingerprint density at radius 3 is 2.42 bits per heavy atom. The number of amides is 2. The lowest BCUT2D eigenvalue weighted by Gasteiger charge is -2.08. The van der Waals surface area contributed by atoms with E-state index >= 15 is 0 Å². The maximum absolute atomic E-state index is 12.2. The molecular weight excluding hydrogens is 338 g/mol. The Morgan fingerprint density at radius 2 is 1.81 bits per heavy atom. The van der Waals surface area contributed by atoms with E-state index in [-0.39, 0.29) is 17.8 Å². The summed E-state index contributed by atoms with van der Waals surface area (Å²) in [7, 11) is 1.57. The molecule has 2 N–H and O–H groups in total. The standard InChI is InChI=1S/C18H19N3O5/c1-12-4-3-5-15(17(12)21(24)25)18(23)20-11-16(22)19-10-13-6-8-14(26-2)9-7-13/h3-9H,10-11H2,1-2H3,(H,19,22)(H,20,23). The van der Waals surface area contributed by atoms with Crippen LogP contribution in [-0.4, -0.2) is 30.4 Å². The second-order valence-electron chi connectivity index (χ2n) is 5.54. The molecule has 0 saturated heterocycles. The van der Waals surface area contributed by atoms with E-state index in [1.165, 1.54) is 6.07 Å². The van der Waals surface area contributed by atoms with E-state index in [1.54, 1.807) is 38.3 Å². The van der Waals surface area contributed by atoms with Crippen LogP contribution in [0.3, 0.4) is 0 Å². The maximum atomic E-state index is 12.2. The summed E-state index contributed by atoms with van der Waals surface area (Å²) < 4.78 is 5.05. The summed E-state index contributed by atoms with van der Waals surface area (Å²) in [4.78, 5) is 34.6. The summed E-state index contributed by atoms with van der Waals surface area (Å²) in [6.07, 6.45) is 0. The molecule has 0 radical (unpaired) electrons. The van der Waals surface area contributed by atoms with Crippen molar-refractivity contribution in [3.05, 3.63) is 69.3 Å². The first-order valence-corrected chi connectivity index (χ1v) is 7.84. The number of hydrogen-bond acceptors (Lipinski definition) is 5. The largest absolute Gasteiger partial charge is 0.497 e. The molecule has 8 heteroatoms. The van der Waals surface area contributed by atoms with Crippen LogP contribution in [0.25, 0.3) is 0 Å². The summed E-state index contributed by atoms with van der Waals surface area (Å²) in [6, 6.07) is 11.6. The zero-order chi connectivity index (χ0) is 19.1. The minimum atomic E-state index is -0.667. The molecule has 8 nitrogen and oxygen atoms in total. The zero-order valence-electron chi connectivity index (χ0n) is 14.4. The first kappa shape index (κ1) is 18.9. The van der Waals surface area contributed by atoms with Gasteiger partial charge in [0.2, 0.25) is 5.91 Å². The van der Waals surface area contributed by atoms with Crippen LogP contribution in [0.4, 0.5) is 5.69 Å². The van der Waals surface area contributed by atoms with Crippen molar-refractivity contribution in [2.45, 2.75) is 13.5 Å². The fourth-order valence-corrected chi connectivity index (χ4v) is 2.35. The van der Waals surface area contributed by atoms with Crippen molar-refractivity contribution < 1.29 is 19.2 Å². The van der Waals surface area contributed by atoms with E-state index in [4.69, 9.17) is 4.74 Å². The van der Waals surface area contributed by atoms with Gasteiger partial charge in [-0.15, -0.1) is 0 Å². The summed E-state index contributed by atoms with van der Waals surface area (Å²) in [5.41, 5.74) is 0.924. The number of rotatable bonds is 7. The number of para-hydroxylation sites is 1. The van der Waals surface area contributed by atoms with Crippen molar-refractivity contribution in [1.82, 2.24) is 10.6 Å². The first-order valence-electron chi connectivity index (χ1n) is 7.84. The van der Waals surface area contributed by atoms with Gasteiger partial charge in [0.15, 0.2) is 0 Å². The van der Waals surface area contributed by atoms with Crippen LogP contribution < -0.4 is 15.4 Å². The Morgan fingerprint density at radius 1 is 1.12 bits per heavy atom. The quantitative estimate of drug-likeness (QED) is 0.581. The lowest BCUT2D eigenvalue weighted by atomic mass is 10.1. The highest BCUT2D eigenvalue weighted by Gasteiger charge is 2.22. The maximum Gasteiger partial charge on any atom is 0.285 e. The zero-order valence-corrected chi connectivity index (χ0v) is 14.4. The van der Waals surface area contributed by atoms with Gasteiger partial charge in [0, 0.05) is 12.1 Å². The molecule has 0 saturated carbocycles. The molecule has 0 aliphatic heterocycles. The predicted molar refractivity (Wildman–Crippen MR) is 95.0 cm³/mol. The molecule has 2 rings (SSSR count). The number of methoxy groups -OCH3 is 1. The Kier molecular flexibility index (Phi) is 6.26. The molecule has 0 heterocycles. The van der Waals surface area contributed by atoms with Crippen LogP contribution in [0, 0.1) is 17.0 Å². The number of benzene rings is 2. The number of hydrogen-bond donors (Lipinski definition) is 2. The van der Waals surface area contributed by atoms with Gasteiger partial charge in [-0.05, 0) is 30.7 Å². The van der Waals surface area contributed by atoms with Crippen LogP contribution in [0.2, 0.25) is 0 Å². The van der Waals surface area contributed by atoms with E-state index in [2.05, 4.69) is 10.6 Å². The summed E-state index contributed by atoms with van der Waals surface area (Å²) in [5, 5.41) is 16.2. The Hall–Kier alpha value is -3.42. The molecule has 0 fully saturated rings. The van der Waals surface area contributed by atoms with Crippen LogP contribution in [-0.2, 0) is 11.3 Å². The van der Waals surface area contributed by atoms with Gasteiger partial charge in [-0.2, -0.15) is 0 Å². The molecule has 2 aromatic carbocycles. The van der Waals surface area contributed by atoms with Gasteiger partial charge >= 0.3 is 0 Å². The van der Waals surface area contributed by atoms with Crippen LogP contribution >= 0.6 is 0 Å². The third-order valence-corrected chi connectivity index (χ3v) is 3.72. The molecule has 0 aromatic heterocycles. The van der Waals surface area contributed by atoms with Gasteiger partial charge in [0.05, 0.1) is 18.6 Å². The highest BCUT2D eigenvalue weighted by atomic mass is 16.6. The highest BCUT2D eigenvalue weighted by molar-refractivity contribution is 6.00. The number of nitro groups is 1. The molecule has 0 bridgehead atoms. The molecular formula is C18H19N3O5. The molecule has 0 unspecified atom stereocenters. The van der Waals surface area contributed by atoms with Crippen LogP contribution in [0.1, 0.15) is 21.5 Å². The van der Waals surface area contributed by atoms with Gasteiger partial charge in [0.1, 0.15) is 11.3 Å². The molecule has 0 atom stereocenters. The van der Waals surface area contributed by atoms with Gasteiger partial charge < -0.3 is 15.4 Å². The normalized spacial score (nSPS) is 10.1. The van der Waals surface area contributed by atoms with Crippen molar-refractivity contribution in [2.24, 2.45) is 0 Å². The average Bonchev–Trinajstić information content (AvgIpc) is 2.64. The lowest BCUT2D eigenvalue weighted by Crippen LogP contribution is -2.36. The average molecular weight is 357 g/mol. The van der Waals surface area contributed by atoms with E-state index in [9.17, 15) is 19.7 Å². The van der Waals surface area contributed by atoms with Crippen molar-refractivity contribution in [3.63, 3.8) is 0 Å². The van der Waals surface area contributed by atoms with Gasteiger partial charge in [0.25, 0.3) is 11.6 Å². The second kappa shape index (κ2) is 8.61. The SMILES string of the molecule is COc1ccc(CNC(=O)CNC(=O)c2cccc(C)c2[N+](=O)[O-])cc1. The highest BCUT2D eigenvalue weighted by Crippen LogP contribution is 2.22. The fraction of sp³-hybridized carbons (Fsp3) is 0.222. The van der Waals surface area contributed by atoms with Crippen LogP contribution in [0.15, 0.2) is 42.5 Å². The number of ether oxygens (including phenoxy) is 1. The molecule has 0 spiro atoms. The van der Waals surface area contributed by atoms with Crippen molar-refractivity contribution in [3.8, 4) is 5.75 Å². The van der Waals surface area contributed by atoms with Gasteiger partial charge in [-0.1, -0.05) is 24.3 Å². The lowest BCUT2D eigenvalue weighted by molar-refractivity contribution is -0.385. The fourth-order valence-electron chi connectivity index (χ4n) is 2.35. The van der Waals surface area contributed by atoms with Gasteiger partial charge in [-0.3, -0.25) is 19.7 Å². The van der Waals surface area contributed by atoms with Crippen LogP contribution in [0.5, 0.6) is 5.75 Å². The van der Waals surface area contributed by atoms with E-state index < -0.39 is 16.7 Å². The monoisotopic (exact) mass is 357 g/mol. The summed E-state index contributed by atoms with van der Waals surface area (Å²) in [5.74, 6) is -0.350. The molecule has 0 aliphatic carbocycles. The number of nitrogens with zero attached hydrogens (tertiary/aromatic N) is 1. The molecule has 26 heavy (non-hydrogen) atoms. The Balaban J connectivity index is 1.90.